The van der Waals surface area contributed by atoms with Gasteiger partial charge in [0, 0.05) is 38.9 Å². The second-order valence-electron chi connectivity index (χ2n) is 8.46. The molecule has 3 rings (SSSR count). The van der Waals surface area contributed by atoms with Crippen LogP contribution < -0.4 is 0 Å². The van der Waals surface area contributed by atoms with Crippen molar-refractivity contribution in [2.24, 2.45) is 5.92 Å². The van der Waals surface area contributed by atoms with Gasteiger partial charge in [0.05, 0.1) is 53.2 Å². The van der Waals surface area contributed by atoms with Crippen LogP contribution in [0.25, 0.3) is 0 Å². The lowest BCUT2D eigenvalue weighted by Gasteiger charge is -2.27. The van der Waals surface area contributed by atoms with Gasteiger partial charge in [-0.3, -0.25) is 14.4 Å². The molecule has 0 amide bonds. The Bertz CT molecular complexity index is 697. The lowest BCUT2D eigenvalue weighted by molar-refractivity contribution is -0.161. The highest BCUT2D eigenvalue weighted by molar-refractivity contribution is 6.00. The van der Waals surface area contributed by atoms with Gasteiger partial charge >= 0.3 is 17.9 Å². The van der Waals surface area contributed by atoms with Crippen molar-refractivity contribution in [1.29, 1.82) is 0 Å². The number of carbonyl (C=O) groups is 4. The fourth-order valence-electron chi connectivity index (χ4n) is 3.66. The molecule has 0 aromatic rings. The van der Waals surface area contributed by atoms with Gasteiger partial charge in [0.1, 0.15) is 6.42 Å². The summed E-state index contributed by atoms with van der Waals surface area (Å²) in [6, 6.07) is 0. The van der Waals surface area contributed by atoms with Crippen LogP contribution in [0.3, 0.4) is 0 Å². The summed E-state index contributed by atoms with van der Waals surface area (Å²) in [5.74, 6) is -2.14. The number of ether oxygens (including phenoxy) is 6. The fraction of sp³-hybridized carbons (Fsp3) is 0.833. The van der Waals surface area contributed by atoms with E-state index in [4.69, 9.17) is 14.2 Å². The average Bonchev–Trinajstić information content (AvgIpc) is 2.90. The largest absolute Gasteiger partial charge is 0.469 e. The first-order valence-corrected chi connectivity index (χ1v) is 12.1. The zero-order chi connectivity index (χ0) is 27.0. The number of rotatable bonds is 6. The summed E-state index contributed by atoms with van der Waals surface area (Å²) in [4.78, 5) is 44.2. The Kier molecular flexibility index (Phi) is 14.6. The van der Waals surface area contributed by atoms with Crippen LogP contribution >= 0.6 is 0 Å². The Hall–Kier alpha value is -2.18. The smallest absolute Gasteiger partial charge is 0.343 e. The summed E-state index contributed by atoms with van der Waals surface area (Å²) in [6.45, 7) is 4.28. The highest BCUT2D eigenvalue weighted by atomic mass is 19.1. The molecule has 0 saturated carbocycles. The molecule has 36 heavy (non-hydrogen) atoms. The number of esters is 3. The van der Waals surface area contributed by atoms with E-state index in [9.17, 15) is 28.0 Å². The third-order valence-corrected chi connectivity index (χ3v) is 5.99. The van der Waals surface area contributed by atoms with E-state index in [1.165, 1.54) is 14.2 Å². The average molecular weight is 525 g/mol. The van der Waals surface area contributed by atoms with Crippen molar-refractivity contribution in [3.63, 3.8) is 0 Å². The molecule has 0 spiro atoms. The van der Waals surface area contributed by atoms with E-state index < -0.39 is 35.5 Å². The van der Waals surface area contributed by atoms with E-state index in [1.807, 2.05) is 0 Å². The molecular formula is C24H38F2O10. The third kappa shape index (κ3) is 10.8. The Morgan fingerprint density at radius 3 is 1.69 bits per heavy atom. The molecule has 0 aliphatic carbocycles. The predicted molar refractivity (Wildman–Crippen MR) is 122 cm³/mol. The minimum absolute atomic E-state index is 0.0330. The Morgan fingerprint density at radius 2 is 1.25 bits per heavy atom. The first-order chi connectivity index (χ1) is 17.1. The molecule has 3 aliphatic heterocycles. The van der Waals surface area contributed by atoms with Crippen molar-refractivity contribution < 1.29 is 56.4 Å². The second-order valence-corrected chi connectivity index (χ2v) is 8.46. The molecule has 3 saturated heterocycles. The molecule has 12 heteroatoms. The number of halogens is 2. The lowest BCUT2D eigenvalue weighted by atomic mass is 9.90. The van der Waals surface area contributed by atoms with E-state index in [-0.39, 0.29) is 57.4 Å². The highest BCUT2D eigenvalue weighted by Crippen LogP contribution is 2.28. The molecule has 10 nitrogen and oxygen atoms in total. The van der Waals surface area contributed by atoms with Crippen LogP contribution in [0, 0.1) is 5.92 Å². The molecule has 0 N–H and O–H groups in total. The van der Waals surface area contributed by atoms with Crippen molar-refractivity contribution in [3.05, 3.63) is 0 Å². The first-order valence-electron chi connectivity index (χ1n) is 12.1. The third-order valence-electron chi connectivity index (χ3n) is 5.99. The van der Waals surface area contributed by atoms with Crippen molar-refractivity contribution in [1.82, 2.24) is 0 Å². The maximum absolute atomic E-state index is 13.9. The first kappa shape index (κ1) is 31.8. The zero-order valence-corrected chi connectivity index (χ0v) is 21.3. The summed E-state index contributed by atoms with van der Waals surface area (Å²) in [7, 11) is 2.62. The lowest BCUT2D eigenvalue weighted by Crippen LogP contribution is -2.40. The van der Waals surface area contributed by atoms with Crippen molar-refractivity contribution in [2.75, 3.05) is 60.5 Å². The topological polar surface area (TPSA) is 124 Å². The molecule has 3 heterocycles. The van der Waals surface area contributed by atoms with Gasteiger partial charge in [-0.05, 0) is 19.8 Å². The maximum atomic E-state index is 13.9. The Balaban J connectivity index is 0.000000277. The van der Waals surface area contributed by atoms with E-state index in [2.05, 4.69) is 14.2 Å². The zero-order valence-electron chi connectivity index (χ0n) is 21.3. The van der Waals surface area contributed by atoms with E-state index in [1.54, 1.807) is 6.92 Å². The Morgan fingerprint density at radius 1 is 0.778 bits per heavy atom. The number of carbonyl (C=O) groups excluding carboxylic acids is 4. The monoisotopic (exact) mass is 524 g/mol. The number of ketones is 1. The van der Waals surface area contributed by atoms with Gasteiger partial charge in [0.15, 0.2) is 11.5 Å². The molecule has 3 fully saturated rings. The van der Waals surface area contributed by atoms with Crippen molar-refractivity contribution in [2.45, 2.75) is 63.2 Å². The molecule has 0 atom stereocenters. The van der Waals surface area contributed by atoms with Crippen LogP contribution in [-0.4, -0.2) is 95.5 Å². The van der Waals surface area contributed by atoms with Gasteiger partial charge in [0.25, 0.3) is 0 Å². The standard InChI is InChI=1S/C10H15FO4.C7H11FO3.C7H12O3/c1-2-15-9(13)7-8(12)10(11)3-5-14-6-4-10;1-10-6(9)7(8)2-4-11-5-3-7;1-9-7(8)6-2-4-10-5-3-6/h2-7H2,1H3;2-5H2,1H3;6H,2-5H2,1H3. The van der Waals surface area contributed by atoms with E-state index >= 15 is 0 Å². The van der Waals surface area contributed by atoms with Crippen LogP contribution in [0.4, 0.5) is 8.78 Å². The van der Waals surface area contributed by atoms with Crippen molar-refractivity contribution in [3.8, 4) is 0 Å². The molecule has 3 aliphatic rings. The van der Waals surface area contributed by atoms with Gasteiger partial charge in [-0.1, -0.05) is 0 Å². The van der Waals surface area contributed by atoms with Crippen LogP contribution in [0.1, 0.15) is 51.9 Å². The quantitative estimate of drug-likeness (QED) is 0.290. The van der Waals surface area contributed by atoms with Gasteiger partial charge in [-0.25, -0.2) is 13.6 Å². The van der Waals surface area contributed by atoms with Gasteiger partial charge < -0.3 is 28.4 Å². The summed E-state index contributed by atoms with van der Waals surface area (Å²) in [6.07, 6.45) is 1.43. The SMILES string of the molecule is CCOC(=O)CC(=O)C1(F)CCOCC1.COC(=O)C1(F)CCOCC1.COC(=O)C1CCOCC1. The van der Waals surface area contributed by atoms with Crippen LogP contribution in [0.15, 0.2) is 0 Å². The Labute approximate surface area is 210 Å². The molecule has 0 unspecified atom stereocenters. The highest BCUT2D eigenvalue weighted by Gasteiger charge is 2.42. The summed E-state index contributed by atoms with van der Waals surface area (Å²) < 4.78 is 55.8. The number of Topliss-reactive ketones (excluding diaryl/α,β-unsaturated/α-hetero) is 1. The van der Waals surface area contributed by atoms with Gasteiger partial charge in [0.2, 0.25) is 5.67 Å². The molecule has 0 aromatic heterocycles. The normalized spacial score (nSPS) is 20.8. The predicted octanol–water partition coefficient (Wildman–Crippen LogP) is 2.29. The number of hydrogen-bond acceptors (Lipinski definition) is 10. The molecule has 0 aromatic carbocycles. The molecular weight excluding hydrogens is 486 g/mol. The van der Waals surface area contributed by atoms with E-state index in [0.717, 1.165) is 12.8 Å². The number of methoxy groups -OCH3 is 2. The van der Waals surface area contributed by atoms with Gasteiger partial charge in [-0.15, -0.1) is 0 Å². The molecule has 0 bridgehead atoms. The van der Waals surface area contributed by atoms with Crippen molar-refractivity contribution >= 4 is 23.7 Å². The van der Waals surface area contributed by atoms with Crippen LogP contribution in [0.5, 0.6) is 0 Å². The maximum Gasteiger partial charge on any atom is 0.343 e. The summed E-state index contributed by atoms with van der Waals surface area (Å²) in [5.41, 5.74) is -3.70. The fourth-order valence-corrected chi connectivity index (χ4v) is 3.66. The second kappa shape index (κ2) is 16.5. The molecule has 208 valence electrons. The summed E-state index contributed by atoms with van der Waals surface area (Å²) in [5, 5.41) is 0. The van der Waals surface area contributed by atoms with Gasteiger partial charge in [-0.2, -0.15) is 0 Å². The number of alkyl halides is 2. The molecule has 0 radical (unpaired) electrons. The number of hydrogen-bond donors (Lipinski definition) is 0. The summed E-state index contributed by atoms with van der Waals surface area (Å²) >= 11 is 0. The minimum atomic E-state index is -1.90. The minimum Gasteiger partial charge on any atom is -0.469 e. The van der Waals surface area contributed by atoms with E-state index in [0.29, 0.717) is 26.4 Å². The van der Waals surface area contributed by atoms with Crippen LogP contribution in [0.2, 0.25) is 0 Å². The van der Waals surface area contributed by atoms with Crippen LogP contribution in [-0.2, 0) is 47.6 Å².